The van der Waals surface area contributed by atoms with Gasteiger partial charge in [-0.25, -0.2) is 8.42 Å². The van der Waals surface area contributed by atoms with Crippen molar-refractivity contribution in [2.24, 2.45) is 0 Å². The molecule has 11 heteroatoms. The molecule has 1 atom stereocenters. The van der Waals surface area contributed by atoms with Gasteiger partial charge in [-0.3, -0.25) is 13.9 Å². The predicted molar refractivity (Wildman–Crippen MR) is 189 cm³/mol. The lowest BCUT2D eigenvalue weighted by molar-refractivity contribution is -0.140. The summed E-state index contributed by atoms with van der Waals surface area (Å²) < 4.78 is 40.3. The van der Waals surface area contributed by atoms with Gasteiger partial charge in [-0.15, -0.1) is 0 Å². The highest BCUT2D eigenvalue weighted by atomic mass is 35.5. The lowest BCUT2D eigenvalue weighted by Gasteiger charge is -2.35. The molecule has 0 spiro atoms. The third-order valence-corrected chi connectivity index (χ3v) is 9.65. The van der Waals surface area contributed by atoms with Gasteiger partial charge in [0.05, 0.1) is 29.8 Å². The van der Waals surface area contributed by atoms with E-state index in [0.717, 1.165) is 15.4 Å². The van der Waals surface area contributed by atoms with Crippen molar-refractivity contribution in [2.45, 2.75) is 57.1 Å². The van der Waals surface area contributed by atoms with Crippen molar-refractivity contribution < 1.29 is 27.5 Å². The van der Waals surface area contributed by atoms with Crippen LogP contribution in [0.1, 0.15) is 37.5 Å². The van der Waals surface area contributed by atoms with Crippen LogP contribution in [0, 0.1) is 6.92 Å². The number of methoxy groups -OCH3 is 2. The van der Waals surface area contributed by atoms with Gasteiger partial charge >= 0.3 is 0 Å². The number of carbonyl (C=O) groups is 2. The maximum atomic E-state index is 14.7. The van der Waals surface area contributed by atoms with Crippen LogP contribution in [0.5, 0.6) is 11.5 Å². The first-order valence-corrected chi connectivity index (χ1v) is 17.2. The molecule has 4 aromatic rings. The molecule has 0 aromatic heterocycles. The van der Waals surface area contributed by atoms with Gasteiger partial charge < -0.3 is 19.7 Å². The number of carbonyl (C=O) groups excluding carboxylic acids is 2. The minimum atomic E-state index is -4.29. The first kappa shape index (κ1) is 36.3. The molecule has 0 saturated carbocycles. The van der Waals surface area contributed by atoms with Crippen molar-refractivity contribution in [3.05, 3.63) is 119 Å². The number of nitrogens with one attached hydrogen (secondary N) is 1. The Bertz CT molecular complexity index is 1830. The number of halogens is 1. The fourth-order valence-corrected chi connectivity index (χ4v) is 6.81. The molecule has 9 nitrogen and oxygen atoms in total. The zero-order valence-electron chi connectivity index (χ0n) is 28.1. The summed E-state index contributed by atoms with van der Waals surface area (Å²) >= 11 is 6.46. The summed E-state index contributed by atoms with van der Waals surface area (Å²) in [6, 6.07) is 26.5. The smallest absolute Gasteiger partial charge is 0.264 e. The molecular formula is C37H42ClN3O6S. The van der Waals surface area contributed by atoms with Crippen LogP contribution in [-0.4, -0.2) is 57.5 Å². The van der Waals surface area contributed by atoms with E-state index in [-0.39, 0.29) is 34.5 Å². The lowest BCUT2D eigenvalue weighted by Crippen LogP contribution is -2.56. The second-order valence-corrected chi connectivity index (χ2v) is 14.7. The zero-order valence-corrected chi connectivity index (χ0v) is 29.6. The highest BCUT2D eigenvalue weighted by Crippen LogP contribution is 2.32. The predicted octanol–water partition coefficient (Wildman–Crippen LogP) is 6.42. The monoisotopic (exact) mass is 691 g/mol. The van der Waals surface area contributed by atoms with Gasteiger partial charge in [0.1, 0.15) is 24.1 Å². The van der Waals surface area contributed by atoms with Crippen molar-refractivity contribution in [2.75, 3.05) is 25.1 Å². The third-order valence-electron chi connectivity index (χ3n) is 7.57. The molecule has 0 unspecified atom stereocenters. The molecule has 0 heterocycles. The Morgan fingerprint density at radius 3 is 2.12 bits per heavy atom. The Kier molecular flexibility index (Phi) is 11.8. The van der Waals surface area contributed by atoms with Crippen molar-refractivity contribution in [1.29, 1.82) is 0 Å². The first-order valence-electron chi connectivity index (χ1n) is 15.4. The fourth-order valence-electron chi connectivity index (χ4n) is 5.15. The van der Waals surface area contributed by atoms with Gasteiger partial charge in [0, 0.05) is 18.5 Å². The Morgan fingerprint density at radius 1 is 0.854 bits per heavy atom. The van der Waals surface area contributed by atoms with Gasteiger partial charge in [-0.05, 0) is 81.3 Å². The molecule has 4 aromatic carbocycles. The SMILES string of the molecule is COc1cccc(CN(C(=O)CN(c2ccc(OC)c(Cl)c2)S(=O)(=O)c2ccc(C)cc2)[C@H](Cc2ccccc2)C(=O)NC(C)(C)C)c1. The van der Waals surface area contributed by atoms with Crippen LogP contribution in [0.3, 0.4) is 0 Å². The second kappa shape index (κ2) is 15.6. The summed E-state index contributed by atoms with van der Waals surface area (Å²) in [5.41, 5.74) is 1.97. The summed E-state index contributed by atoms with van der Waals surface area (Å²) in [6.45, 7) is 6.84. The van der Waals surface area contributed by atoms with E-state index in [1.165, 1.54) is 36.3 Å². The van der Waals surface area contributed by atoms with E-state index in [1.54, 1.807) is 43.5 Å². The average Bonchev–Trinajstić information content (AvgIpc) is 3.05. The molecule has 0 aliphatic heterocycles. The number of hydrogen-bond acceptors (Lipinski definition) is 6. The summed E-state index contributed by atoms with van der Waals surface area (Å²) in [6.07, 6.45) is 0.192. The second-order valence-electron chi connectivity index (χ2n) is 12.5. The van der Waals surface area contributed by atoms with Gasteiger partial charge in [0.25, 0.3) is 10.0 Å². The van der Waals surface area contributed by atoms with E-state index < -0.39 is 34.1 Å². The first-order chi connectivity index (χ1) is 22.7. The lowest BCUT2D eigenvalue weighted by atomic mass is 10.0. The van der Waals surface area contributed by atoms with Crippen LogP contribution in [0.25, 0.3) is 0 Å². The van der Waals surface area contributed by atoms with E-state index in [9.17, 15) is 18.0 Å². The topological polar surface area (TPSA) is 105 Å². The average molecular weight is 692 g/mol. The number of anilines is 1. The summed E-state index contributed by atoms with van der Waals surface area (Å²) in [7, 11) is -1.29. The summed E-state index contributed by atoms with van der Waals surface area (Å²) in [4.78, 5) is 30.2. The summed E-state index contributed by atoms with van der Waals surface area (Å²) in [5.74, 6) is -0.0376. The number of sulfonamides is 1. The molecule has 48 heavy (non-hydrogen) atoms. The Morgan fingerprint density at radius 2 is 1.52 bits per heavy atom. The maximum Gasteiger partial charge on any atom is 0.264 e. The molecule has 0 fully saturated rings. The molecule has 1 N–H and O–H groups in total. The number of hydrogen-bond donors (Lipinski definition) is 1. The highest BCUT2D eigenvalue weighted by Gasteiger charge is 2.36. The molecule has 0 aliphatic rings. The minimum absolute atomic E-state index is 0.00139. The summed E-state index contributed by atoms with van der Waals surface area (Å²) in [5, 5.41) is 3.20. The highest BCUT2D eigenvalue weighted by molar-refractivity contribution is 7.92. The van der Waals surface area contributed by atoms with E-state index in [2.05, 4.69) is 5.32 Å². The Labute approximate surface area is 288 Å². The third kappa shape index (κ3) is 9.29. The molecule has 0 saturated heterocycles. The number of rotatable bonds is 13. The molecule has 0 radical (unpaired) electrons. The van der Waals surface area contributed by atoms with Crippen molar-refractivity contribution in [3.63, 3.8) is 0 Å². The maximum absolute atomic E-state index is 14.7. The number of nitrogens with zero attached hydrogens (tertiary/aromatic N) is 2. The zero-order chi connectivity index (χ0) is 35.1. The minimum Gasteiger partial charge on any atom is -0.497 e. The molecule has 4 rings (SSSR count). The largest absolute Gasteiger partial charge is 0.497 e. The number of ether oxygens (including phenoxy) is 2. The van der Waals surface area contributed by atoms with Crippen LogP contribution in [0.15, 0.2) is 102 Å². The van der Waals surface area contributed by atoms with E-state index >= 15 is 0 Å². The van der Waals surface area contributed by atoms with Crippen LogP contribution < -0.4 is 19.1 Å². The number of amides is 2. The van der Waals surface area contributed by atoms with Gasteiger partial charge in [0.15, 0.2) is 0 Å². The van der Waals surface area contributed by atoms with Crippen molar-refractivity contribution >= 4 is 39.1 Å². The van der Waals surface area contributed by atoms with Gasteiger partial charge in [-0.2, -0.15) is 0 Å². The van der Waals surface area contributed by atoms with Crippen molar-refractivity contribution in [3.8, 4) is 11.5 Å². The molecule has 254 valence electrons. The molecule has 2 amide bonds. The van der Waals surface area contributed by atoms with Crippen LogP contribution in [0.2, 0.25) is 5.02 Å². The van der Waals surface area contributed by atoms with E-state index in [1.807, 2.05) is 64.1 Å². The fraction of sp³-hybridized carbons (Fsp3) is 0.297. The normalized spacial score (nSPS) is 12.1. The molecular weight excluding hydrogens is 650 g/mol. The van der Waals surface area contributed by atoms with Crippen LogP contribution >= 0.6 is 11.6 Å². The molecule has 0 aliphatic carbocycles. The quantitative estimate of drug-likeness (QED) is 0.174. The van der Waals surface area contributed by atoms with Crippen LogP contribution in [0.4, 0.5) is 5.69 Å². The molecule has 0 bridgehead atoms. The number of benzene rings is 4. The van der Waals surface area contributed by atoms with Crippen molar-refractivity contribution in [1.82, 2.24) is 10.2 Å². The Hall–Kier alpha value is -4.54. The Balaban J connectivity index is 1.85. The standard InChI is InChI=1S/C37H42ClN3O6S/c1-26-15-18-31(19-16-26)48(44,45)41(29-17-20-34(47-6)32(38)23-29)25-35(42)40(24-28-13-10-14-30(21-28)46-5)33(36(43)39-37(2,3)4)22-27-11-8-7-9-12-27/h7-21,23,33H,22,24-25H2,1-6H3,(H,39,43)/t33-/m1/s1. The van der Waals surface area contributed by atoms with Gasteiger partial charge in [0.2, 0.25) is 11.8 Å². The van der Waals surface area contributed by atoms with E-state index in [4.69, 9.17) is 21.1 Å². The number of aryl methyl sites for hydroxylation is 1. The van der Waals surface area contributed by atoms with Gasteiger partial charge in [-0.1, -0.05) is 71.8 Å². The van der Waals surface area contributed by atoms with Crippen LogP contribution in [-0.2, 0) is 32.6 Å². The van der Waals surface area contributed by atoms with E-state index in [0.29, 0.717) is 17.1 Å².